The van der Waals surface area contributed by atoms with Gasteiger partial charge in [-0.3, -0.25) is 0 Å². The molecule has 0 saturated carbocycles. The lowest BCUT2D eigenvalue weighted by Gasteiger charge is -2.03. The maximum atomic E-state index is 11.5. The van der Waals surface area contributed by atoms with Gasteiger partial charge in [0.25, 0.3) is 0 Å². The number of hydrogen-bond acceptors (Lipinski definition) is 4. The number of carbonyl (C=O) groups is 1. The van der Waals surface area contributed by atoms with Crippen LogP contribution in [0, 0.1) is 6.92 Å². The molecule has 7 heteroatoms. The zero-order valence-electron chi connectivity index (χ0n) is 12.6. The summed E-state index contributed by atoms with van der Waals surface area (Å²) < 4.78 is 5.54. The van der Waals surface area contributed by atoms with Gasteiger partial charge in [0.15, 0.2) is 5.58 Å². The number of aromatic carboxylic acids is 1. The molecular formula is C17H12ClN3O3. The number of halogens is 1. The molecule has 0 radical (unpaired) electrons. The van der Waals surface area contributed by atoms with Crippen LogP contribution in [0.25, 0.3) is 22.0 Å². The number of carboxylic acids is 1. The topological polar surface area (TPSA) is 91.2 Å². The molecule has 0 aliphatic rings. The Bertz CT molecular complexity index is 1100. The number of nitrogens with one attached hydrogen (secondary N) is 2. The molecule has 0 aliphatic heterocycles. The molecule has 4 rings (SSSR count). The normalized spacial score (nSPS) is 11.2. The molecule has 0 saturated heterocycles. The molecule has 0 amide bonds. The third kappa shape index (κ3) is 2.28. The Kier molecular flexibility index (Phi) is 3.21. The highest BCUT2D eigenvalue weighted by atomic mass is 35.5. The average Bonchev–Trinajstić information content (AvgIpc) is 3.10. The highest BCUT2D eigenvalue weighted by Gasteiger charge is 2.18. The van der Waals surface area contributed by atoms with Gasteiger partial charge >= 0.3 is 5.97 Å². The highest BCUT2D eigenvalue weighted by molar-refractivity contribution is 6.33. The van der Waals surface area contributed by atoms with Gasteiger partial charge in [0.05, 0.1) is 21.7 Å². The Balaban J connectivity index is 1.90. The van der Waals surface area contributed by atoms with Crippen molar-refractivity contribution >= 4 is 51.2 Å². The number of rotatable bonds is 3. The van der Waals surface area contributed by atoms with Gasteiger partial charge in [0.2, 0.25) is 5.95 Å². The number of H-pyrrole nitrogens is 1. The number of carboxylic acid groups (broad SMARTS) is 1. The number of aryl methyl sites for hydroxylation is 1. The van der Waals surface area contributed by atoms with Crippen LogP contribution >= 0.6 is 11.6 Å². The number of nitrogens with zero attached hydrogens (tertiary/aromatic N) is 1. The van der Waals surface area contributed by atoms with Crippen molar-refractivity contribution in [3.05, 3.63) is 52.7 Å². The van der Waals surface area contributed by atoms with Crippen LogP contribution in [0.1, 0.15) is 16.1 Å². The molecule has 0 unspecified atom stereocenters. The van der Waals surface area contributed by atoms with Gasteiger partial charge in [-0.2, -0.15) is 0 Å². The molecule has 24 heavy (non-hydrogen) atoms. The number of furan rings is 1. The van der Waals surface area contributed by atoms with Crippen molar-refractivity contribution in [2.45, 2.75) is 6.92 Å². The number of fused-ring (bicyclic) bond motifs is 3. The van der Waals surface area contributed by atoms with Gasteiger partial charge in [-0.05, 0) is 31.2 Å². The number of benzene rings is 2. The summed E-state index contributed by atoms with van der Waals surface area (Å²) in [5.74, 6) is 0.0517. The van der Waals surface area contributed by atoms with Crippen molar-refractivity contribution in [2.24, 2.45) is 0 Å². The second-order valence-corrected chi connectivity index (χ2v) is 5.82. The predicted molar refractivity (Wildman–Crippen MR) is 92.3 cm³/mol. The second kappa shape index (κ2) is 5.28. The minimum absolute atomic E-state index is 0.0846. The standard InChI is InChI=1S/C17H12ClN3O3/c1-8-6-9-14-13(7-10(16(22)23)15(9)24-8)20-17(21-14)19-12-5-3-2-4-11(12)18/h2-7H,1H3,(H,22,23)(H2,19,20,21). The zero-order chi connectivity index (χ0) is 16.8. The summed E-state index contributed by atoms with van der Waals surface area (Å²) in [5, 5.41) is 13.7. The Labute approximate surface area is 141 Å². The molecule has 120 valence electrons. The van der Waals surface area contributed by atoms with E-state index in [1.807, 2.05) is 18.2 Å². The fraction of sp³-hybridized carbons (Fsp3) is 0.0588. The maximum Gasteiger partial charge on any atom is 0.339 e. The van der Waals surface area contributed by atoms with Crippen LogP contribution < -0.4 is 5.32 Å². The Morgan fingerprint density at radius 1 is 1.33 bits per heavy atom. The molecule has 0 bridgehead atoms. The van der Waals surface area contributed by atoms with E-state index in [0.29, 0.717) is 44.4 Å². The van der Waals surface area contributed by atoms with E-state index in [-0.39, 0.29) is 5.56 Å². The first-order chi connectivity index (χ1) is 11.5. The van der Waals surface area contributed by atoms with E-state index in [0.717, 1.165) is 0 Å². The molecule has 0 aliphatic carbocycles. The van der Waals surface area contributed by atoms with Gasteiger partial charge < -0.3 is 19.8 Å². The molecule has 3 N–H and O–H groups in total. The molecule has 2 aromatic heterocycles. The Morgan fingerprint density at radius 3 is 2.88 bits per heavy atom. The third-order valence-corrected chi connectivity index (χ3v) is 4.07. The number of hydrogen-bond donors (Lipinski definition) is 3. The Morgan fingerprint density at radius 2 is 2.12 bits per heavy atom. The second-order valence-electron chi connectivity index (χ2n) is 5.41. The number of anilines is 2. The minimum atomic E-state index is -1.06. The van der Waals surface area contributed by atoms with E-state index in [9.17, 15) is 9.90 Å². The first-order valence-corrected chi connectivity index (χ1v) is 7.58. The van der Waals surface area contributed by atoms with Crippen LogP contribution in [-0.2, 0) is 0 Å². The largest absolute Gasteiger partial charge is 0.478 e. The molecule has 0 spiro atoms. The van der Waals surface area contributed by atoms with Crippen molar-refractivity contribution in [2.75, 3.05) is 5.32 Å². The quantitative estimate of drug-likeness (QED) is 0.502. The number of aromatic nitrogens is 2. The van der Waals surface area contributed by atoms with Crippen molar-refractivity contribution < 1.29 is 14.3 Å². The van der Waals surface area contributed by atoms with E-state index >= 15 is 0 Å². The zero-order valence-corrected chi connectivity index (χ0v) is 13.3. The maximum absolute atomic E-state index is 11.5. The molecular weight excluding hydrogens is 330 g/mol. The monoisotopic (exact) mass is 341 g/mol. The van der Waals surface area contributed by atoms with E-state index in [1.165, 1.54) is 6.07 Å². The van der Waals surface area contributed by atoms with E-state index < -0.39 is 5.97 Å². The fourth-order valence-corrected chi connectivity index (χ4v) is 2.89. The number of para-hydroxylation sites is 1. The highest BCUT2D eigenvalue weighted by Crippen LogP contribution is 2.32. The molecule has 2 aromatic carbocycles. The van der Waals surface area contributed by atoms with Crippen molar-refractivity contribution in [1.82, 2.24) is 9.97 Å². The van der Waals surface area contributed by atoms with Crippen LogP contribution in [0.5, 0.6) is 0 Å². The minimum Gasteiger partial charge on any atom is -0.478 e. The van der Waals surface area contributed by atoms with Crippen LogP contribution in [0.15, 0.2) is 40.8 Å². The average molecular weight is 342 g/mol. The summed E-state index contributed by atoms with van der Waals surface area (Å²) in [6.45, 7) is 1.77. The summed E-state index contributed by atoms with van der Waals surface area (Å²) in [7, 11) is 0. The van der Waals surface area contributed by atoms with Crippen LogP contribution in [0.3, 0.4) is 0 Å². The summed E-state index contributed by atoms with van der Waals surface area (Å²) in [6, 6.07) is 10.6. The van der Waals surface area contributed by atoms with Gasteiger partial charge in [-0.1, -0.05) is 23.7 Å². The van der Waals surface area contributed by atoms with Crippen LogP contribution in [0.4, 0.5) is 11.6 Å². The predicted octanol–water partition coefficient (Wildman–Crippen LogP) is 4.71. The first-order valence-electron chi connectivity index (χ1n) is 7.20. The molecule has 2 heterocycles. The fourth-order valence-electron chi connectivity index (χ4n) is 2.71. The summed E-state index contributed by atoms with van der Waals surface area (Å²) >= 11 is 6.14. The molecule has 6 nitrogen and oxygen atoms in total. The van der Waals surface area contributed by atoms with Crippen molar-refractivity contribution in [1.29, 1.82) is 0 Å². The lowest BCUT2D eigenvalue weighted by atomic mass is 10.1. The number of aromatic amines is 1. The third-order valence-electron chi connectivity index (χ3n) is 3.74. The smallest absolute Gasteiger partial charge is 0.339 e. The number of imidazole rings is 1. The van der Waals surface area contributed by atoms with E-state index in [2.05, 4.69) is 15.3 Å². The van der Waals surface area contributed by atoms with E-state index in [4.69, 9.17) is 16.0 Å². The lowest BCUT2D eigenvalue weighted by molar-refractivity contribution is 0.0698. The van der Waals surface area contributed by atoms with Crippen LogP contribution in [-0.4, -0.2) is 21.0 Å². The van der Waals surface area contributed by atoms with E-state index in [1.54, 1.807) is 19.1 Å². The van der Waals surface area contributed by atoms with Gasteiger partial charge in [-0.25, -0.2) is 9.78 Å². The van der Waals surface area contributed by atoms with Gasteiger partial charge in [-0.15, -0.1) is 0 Å². The van der Waals surface area contributed by atoms with Crippen molar-refractivity contribution in [3.8, 4) is 0 Å². The first kappa shape index (κ1) is 14.6. The summed E-state index contributed by atoms with van der Waals surface area (Å²) in [6.07, 6.45) is 0. The van der Waals surface area contributed by atoms with Gasteiger partial charge in [0, 0.05) is 5.39 Å². The van der Waals surface area contributed by atoms with Crippen molar-refractivity contribution in [3.63, 3.8) is 0 Å². The Hall–Kier alpha value is -2.99. The van der Waals surface area contributed by atoms with Gasteiger partial charge in [0.1, 0.15) is 11.3 Å². The molecule has 0 fully saturated rings. The molecule has 4 aromatic rings. The lowest BCUT2D eigenvalue weighted by Crippen LogP contribution is -1.96. The SMILES string of the molecule is Cc1cc2c(o1)c(C(=O)O)cc1nc(Nc3ccccc3Cl)[nH]c12. The summed E-state index contributed by atoms with van der Waals surface area (Å²) in [4.78, 5) is 19.1. The van der Waals surface area contributed by atoms with Crippen LogP contribution in [0.2, 0.25) is 5.02 Å². The summed E-state index contributed by atoms with van der Waals surface area (Å²) in [5.41, 5.74) is 2.37. The molecule has 0 atom stereocenters.